The first-order chi connectivity index (χ1) is 27.9. The summed E-state index contributed by atoms with van der Waals surface area (Å²) in [7, 11) is 1.13. The Morgan fingerprint density at radius 3 is 1.45 bits per heavy atom. The molecule has 60 heavy (non-hydrogen) atoms. The van der Waals surface area contributed by atoms with Crippen molar-refractivity contribution in [3.8, 4) is 0 Å². The van der Waals surface area contributed by atoms with Gasteiger partial charge in [0.15, 0.2) is 36.8 Å². The fourth-order valence-electron chi connectivity index (χ4n) is 6.06. The molecular formula is C38H55NO21. The van der Waals surface area contributed by atoms with Crippen molar-refractivity contribution < 1.29 is 100.0 Å². The van der Waals surface area contributed by atoms with Gasteiger partial charge in [-0.25, -0.2) is 9.59 Å². The van der Waals surface area contributed by atoms with Gasteiger partial charge in [0.05, 0.1) is 7.11 Å². The summed E-state index contributed by atoms with van der Waals surface area (Å²) < 4.78 is 66.9. The average molecular weight is 862 g/mol. The van der Waals surface area contributed by atoms with E-state index >= 15 is 0 Å². The van der Waals surface area contributed by atoms with Crippen LogP contribution in [0.5, 0.6) is 0 Å². The number of ether oxygens (including phenoxy) is 12. The van der Waals surface area contributed by atoms with Crippen molar-refractivity contribution >= 4 is 53.8 Å². The second-order valence-electron chi connectivity index (χ2n) is 14.5. The Hall–Kier alpha value is -5.35. The van der Waals surface area contributed by atoms with Gasteiger partial charge in [0.25, 0.3) is 0 Å². The number of hydrogen-bond donors (Lipinski definition) is 1. The van der Waals surface area contributed by atoms with Crippen molar-refractivity contribution in [1.29, 1.82) is 0 Å². The Balaban J connectivity index is 2.66. The van der Waals surface area contributed by atoms with Gasteiger partial charge >= 0.3 is 53.8 Å². The molecule has 0 unspecified atom stereocenters. The molecule has 22 heteroatoms. The standard InChI is InChI=1S/C38H55NO21/c1-18(40)50-16-27-31(59-36-34(56-24(7)46)33(55-23(6)45)30(53-21(4)43)28(58-36)17-51-19(2)41)32(54-22(5)44)29(52-20(3)42)26(57-27)15-13-12-14-25(35(47)49-11)39-37(48)60-38(8,9)10/h12-13,25-34,36H,14-17H2,1-11H3,(H,39,48)/b13-12+/t25-,26+,27+,28+,29-,30-,31+,32+,33-,34+,36-/m0/s1. The zero-order chi connectivity index (χ0) is 45.5. The van der Waals surface area contributed by atoms with E-state index in [0.717, 1.165) is 55.6 Å². The van der Waals surface area contributed by atoms with Crippen LogP contribution in [0.1, 0.15) is 82.1 Å². The summed E-state index contributed by atoms with van der Waals surface area (Å²) in [6, 6.07) is -1.18. The van der Waals surface area contributed by atoms with Gasteiger partial charge < -0.3 is 62.2 Å². The molecule has 0 bridgehead atoms. The number of esters is 8. The molecule has 1 amide bonds. The van der Waals surface area contributed by atoms with Crippen LogP contribution in [0, 0.1) is 0 Å². The maximum absolute atomic E-state index is 12.7. The van der Waals surface area contributed by atoms with Gasteiger partial charge in [-0.05, 0) is 33.6 Å². The van der Waals surface area contributed by atoms with Crippen LogP contribution in [-0.4, -0.2) is 147 Å². The molecule has 2 fully saturated rings. The molecule has 1 N–H and O–H groups in total. The molecule has 2 aliphatic heterocycles. The lowest BCUT2D eigenvalue weighted by Gasteiger charge is -2.48. The molecule has 2 aliphatic rings. The van der Waals surface area contributed by atoms with Gasteiger partial charge in [-0.2, -0.15) is 0 Å². The van der Waals surface area contributed by atoms with Crippen LogP contribution in [0.3, 0.4) is 0 Å². The molecule has 0 aromatic rings. The molecule has 2 heterocycles. The lowest BCUT2D eigenvalue weighted by Crippen LogP contribution is -2.67. The Kier molecular flexibility index (Phi) is 19.8. The highest BCUT2D eigenvalue weighted by Crippen LogP contribution is 2.36. The van der Waals surface area contributed by atoms with Crippen molar-refractivity contribution in [2.24, 2.45) is 0 Å². The summed E-state index contributed by atoms with van der Waals surface area (Å²) in [5.41, 5.74) is -0.861. The summed E-state index contributed by atoms with van der Waals surface area (Å²) in [5, 5.41) is 2.43. The van der Waals surface area contributed by atoms with E-state index in [1.807, 2.05) is 0 Å². The number of methoxy groups -OCH3 is 1. The third kappa shape index (κ3) is 17.1. The first-order valence-corrected chi connectivity index (χ1v) is 18.7. The Labute approximate surface area is 346 Å². The summed E-state index contributed by atoms with van der Waals surface area (Å²) in [4.78, 5) is 111. The highest BCUT2D eigenvalue weighted by molar-refractivity contribution is 5.81. The van der Waals surface area contributed by atoms with Crippen LogP contribution in [-0.2, 0) is 95.2 Å². The van der Waals surface area contributed by atoms with E-state index in [1.54, 1.807) is 20.8 Å². The average Bonchev–Trinajstić information content (AvgIpc) is 3.10. The minimum atomic E-state index is -1.83. The highest BCUT2D eigenvalue weighted by Gasteiger charge is 2.57. The van der Waals surface area contributed by atoms with E-state index in [-0.39, 0.29) is 12.8 Å². The van der Waals surface area contributed by atoms with Crippen LogP contribution in [0.15, 0.2) is 12.2 Å². The molecule has 0 saturated carbocycles. The van der Waals surface area contributed by atoms with Crippen LogP contribution in [0.2, 0.25) is 0 Å². The third-order valence-electron chi connectivity index (χ3n) is 8.11. The van der Waals surface area contributed by atoms with Gasteiger partial charge in [-0.1, -0.05) is 12.2 Å². The Morgan fingerprint density at radius 2 is 1.00 bits per heavy atom. The molecule has 338 valence electrons. The minimum Gasteiger partial charge on any atom is -0.467 e. The quantitative estimate of drug-likeness (QED) is 0.122. The molecule has 11 atom stereocenters. The fraction of sp³-hybridized carbons (Fsp3) is 0.711. The Bertz CT molecular complexity index is 1590. The van der Waals surface area contributed by atoms with Crippen molar-refractivity contribution in [2.45, 2.75) is 155 Å². The van der Waals surface area contributed by atoms with E-state index < -0.39 is 140 Å². The lowest BCUT2D eigenvalue weighted by atomic mass is 9.92. The molecule has 0 aromatic carbocycles. The van der Waals surface area contributed by atoms with Crippen LogP contribution in [0.25, 0.3) is 0 Å². The third-order valence-corrected chi connectivity index (χ3v) is 8.11. The van der Waals surface area contributed by atoms with E-state index in [4.69, 9.17) is 56.8 Å². The van der Waals surface area contributed by atoms with Gasteiger partial charge in [-0.3, -0.25) is 33.6 Å². The molecule has 22 nitrogen and oxygen atoms in total. The summed E-state index contributed by atoms with van der Waals surface area (Å²) in [5.74, 6) is -6.81. The number of hydrogen-bond acceptors (Lipinski definition) is 21. The number of rotatable bonds is 17. The number of nitrogens with one attached hydrogen (secondary N) is 1. The van der Waals surface area contributed by atoms with Gasteiger partial charge in [0.1, 0.15) is 49.3 Å². The summed E-state index contributed by atoms with van der Waals surface area (Å²) >= 11 is 0. The summed E-state index contributed by atoms with van der Waals surface area (Å²) in [6.45, 7) is 11.1. The number of carbonyl (C=O) groups excluding carboxylic acids is 9. The van der Waals surface area contributed by atoms with Crippen LogP contribution >= 0.6 is 0 Å². The zero-order valence-electron chi connectivity index (χ0n) is 35.4. The molecule has 0 spiro atoms. The van der Waals surface area contributed by atoms with Crippen molar-refractivity contribution in [2.75, 3.05) is 20.3 Å². The maximum atomic E-state index is 12.7. The van der Waals surface area contributed by atoms with Crippen molar-refractivity contribution in [3.05, 3.63) is 12.2 Å². The van der Waals surface area contributed by atoms with E-state index in [0.29, 0.717) is 0 Å². The zero-order valence-corrected chi connectivity index (χ0v) is 35.4. The van der Waals surface area contributed by atoms with Crippen molar-refractivity contribution in [1.82, 2.24) is 5.32 Å². The number of alkyl carbamates (subject to hydrolysis) is 1. The first kappa shape index (κ1) is 50.8. The number of carbonyl (C=O) groups is 9. The fourth-order valence-corrected chi connectivity index (χ4v) is 6.06. The smallest absolute Gasteiger partial charge is 0.408 e. The molecule has 0 aromatic heterocycles. The van der Waals surface area contributed by atoms with E-state index in [9.17, 15) is 43.2 Å². The van der Waals surface area contributed by atoms with Gasteiger partial charge in [-0.15, -0.1) is 0 Å². The topological polar surface area (TPSA) is 276 Å². The van der Waals surface area contributed by atoms with Crippen LogP contribution in [0.4, 0.5) is 4.79 Å². The van der Waals surface area contributed by atoms with Gasteiger partial charge in [0, 0.05) is 48.5 Å². The predicted octanol–water partition coefficient (Wildman–Crippen LogP) is 1.05. The van der Waals surface area contributed by atoms with Crippen molar-refractivity contribution in [3.63, 3.8) is 0 Å². The normalized spacial score (nSPS) is 26.9. The molecule has 0 radical (unpaired) electrons. The monoisotopic (exact) mass is 861 g/mol. The lowest BCUT2D eigenvalue weighted by molar-refractivity contribution is -0.344. The van der Waals surface area contributed by atoms with Crippen LogP contribution < -0.4 is 5.32 Å². The molecule has 2 rings (SSSR count). The SMILES string of the molecule is COC(=O)[C@H](C/C=C/C[C@H]1O[C@H](COC(C)=O)[C@@H](O[C@@H]2O[C@H](COC(C)=O)[C@H](OC(C)=O)[C@H](OC(C)=O)[C@H]2OC(C)=O)[C@H](OC(C)=O)[C@H]1OC(C)=O)NC(=O)OC(C)(C)C. The number of amides is 1. The largest absolute Gasteiger partial charge is 0.467 e. The van der Waals surface area contributed by atoms with E-state index in [2.05, 4.69) is 5.32 Å². The maximum Gasteiger partial charge on any atom is 0.408 e. The molecule has 2 saturated heterocycles. The summed E-state index contributed by atoms with van der Waals surface area (Å²) in [6.07, 6.45) is -13.5. The Morgan fingerprint density at radius 1 is 0.567 bits per heavy atom. The van der Waals surface area contributed by atoms with E-state index in [1.165, 1.54) is 12.2 Å². The molecule has 0 aliphatic carbocycles. The second kappa shape index (κ2) is 23.4. The second-order valence-corrected chi connectivity index (χ2v) is 14.5. The first-order valence-electron chi connectivity index (χ1n) is 18.7. The predicted molar refractivity (Wildman–Crippen MR) is 197 cm³/mol. The minimum absolute atomic E-state index is 0.101. The highest BCUT2D eigenvalue weighted by atomic mass is 16.8. The van der Waals surface area contributed by atoms with Gasteiger partial charge in [0.2, 0.25) is 0 Å². The molecular weight excluding hydrogens is 806 g/mol.